The molecule has 1 unspecified atom stereocenters. The molecule has 0 fully saturated rings. The van der Waals surface area contributed by atoms with Crippen LogP contribution < -0.4 is 14.8 Å². The molecule has 0 bridgehead atoms. The summed E-state index contributed by atoms with van der Waals surface area (Å²) >= 11 is 0. The van der Waals surface area contributed by atoms with Crippen molar-refractivity contribution in [2.45, 2.75) is 31.7 Å². The number of rotatable bonds is 7. The molecule has 0 radical (unpaired) electrons. The third kappa shape index (κ3) is 4.83. The van der Waals surface area contributed by atoms with Crippen LogP contribution in [0.3, 0.4) is 0 Å². The third-order valence-corrected chi connectivity index (χ3v) is 5.59. The van der Waals surface area contributed by atoms with Gasteiger partial charge >= 0.3 is 0 Å². The first-order valence-electron chi connectivity index (χ1n) is 8.24. The first-order valence-corrected chi connectivity index (χ1v) is 9.72. The minimum absolute atomic E-state index is 0.0204. The summed E-state index contributed by atoms with van der Waals surface area (Å²) < 4.78 is 32.6. The Bertz CT molecular complexity index is 880. The van der Waals surface area contributed by atoms with Crippen molar-refractivity contribution in [1.82, 2.24) is 10.0 Å². The van der Waals surface area contributed by atoms with Crippen molar-refractivity contribution in [1.29, 1.82) is 0 Å². The van der Waals surface area contributed by atoms with Crippen LogP contribution in [0, 0.1) is 13.8 Å². The average Bonchev–Trinajstić information content (AvgIpc) is 2.62. The smallest absolute Gasteiger partial charge is 0.244 e. The molecule has 0 aliphatic heterocycles. The van der Waals surface area contributed by atoms with Gasteiger partial charge in [0, 0.05) is 0 Å². The zero-order valence-electron chi connectivity index (χ0n) is 15.4. The zero-order valence-corrected chi connectivity index (χ0v) is 16.2. The van der Waals surface area contributed by atoms with Gasteiger partial charge in [0.05, 0.1) is 19.7 Å². The highest BCUT2D eigenvalue weighted by atomic mass is 32.2. The van der Waals surface area contributed by atoms with E-state index in [1.807, 2.05) is 51.1 Å². The van der Waals surface area contributed by atoms with E-state index in [0.29, 0.717) is 0 Å². The fourth-order valence-corrected chi connectivity index (χ4v) is 3.70. The number of amides is 1. The number of carbonyl (C=O) groups is 1. The Morgan fingerprint density at radius 1 is 1.12 bits per heavy atom. The monoisotopic (exact) mass is 376 g/mol. The molecule has 0 aromatic heterocycles. The first kappa shape index (κ1) is 19.9. The van der Waals surface area contributed by atoms with Crippen LogP contribution in [0.1, 0.15) is 29.7 Å². The molecule has 0 saturated carbocycles. The number of hydrogen-bond acceptors (Lipinski definition) is 4. The fraction of sp³-hybridized carbons (Fsp3) is 0.316. The summed E-state index contributed by atoms with van der Waals surface area (Å²) in [7, 11) is -2.46. The number of sulfonamides is 1. The Morgan fingerprint density at radius 2 is 1.73 bits per heavy atom. The van der Waals surface area contributed by atoms with E-state index in [1.165, 1.54) is 7.11 Å². The summed E-state index contributed by atoms with van der Waals surface area (Å²) in [5.41, 5.74) is 2.70. The van der Waals surface area contributed by atoms with Crippen LogP contribution in [0.4, 0.5) is 0 Å². The normalized spacial score (nSPS) is 12.5. The summed E-state index contributed by atoms with van der Waals surface area (Å²) in [5.74, 6) is -0.161. The van der Waals surface area contributed by atoms with Gasteiger partial charge in [0.25, 0.3) is 0 Å². The van der Waals surface area contributed by atoms with Crippen LogP contribution in [0.15, 0.2) is 47.4 Å². The molecule has 0 saturated heterocycles. The standard InChI is InChI=1S/C19H24N2O4S/c1-13-10-17(25-4)18(11-14(13)2)26(23,24)20-12-19(22)21-15(3)16-8-6-5-7-9-16/h5-11,15,20H,12H2,1-4H3,(H,21,22). The second-order valence-corrected chi connectivity index (χ2v) is 7.85. The molecule has 2 rings (SSSR count). The highest BCUT2D eigenvalue weighted by molar-refractivity contribution is 7.89. The molecule has 1 amide bonds. The third-order valence-electron chi connectivity index (χ3n) is 4.17. The van der Waals surface area contributed by atoms with Gasteiger partial charge in [-0.05, 0) is 49.6 Å². The van der Waals surface area contributed by atoms with E-state index in [0.717, 1.165) is 16.7 Å². The van der Waals surface area contributed by atoms with E-state index in [-0.39, 0.29) is 23.2 Å². The molecule has 2 aromatic carbocycles. The van der Waals surface area contributed by atoms with Gasteiger partial charge in [-0.2, -0.15) is 0 Å². The fourth-order valence-electron chi connectivity index (χ4n) is 2.49. The van der Waals surface area contributed by atoms with E-state index in [9.17, 15) is 13.2 Å². The largest absolute Gasteiger partial charge is 0.495 e. The number of hydrogen-bond donors (Lipinski definition) is 2. The van der Waals surface area contributed by atoms with Crippen LogP contribution in [0.5, 0.6) is 5.75 Å². The second-order valence-electron chi connectivity index (χ2n) is 6.11. The van der Waals surface area contributed by atoms with Crippen molar-refractivity contribution in [3.05, 3.63) is 59.2 Å². The van der Waals surface area contributed by atoms with Gasteiger partial charge < -0.3 is 10.1 Å². The lowest BCUT2D eigenvalue weighted by atomic mass is 10.1. The number of ether oxygens (including phenoxy) is 1. The summed E-state index contributed by atoms with van der Waals surface area (Å²) in [4.78, 5) is 12.1. The second kappa shape index (κ2) is 8.33. The molecular weight excluding hydrogens is 352 g/mol. The predicted molar refractivity (Wildman–Crippen MR) is 101 cm³/mol. The van der Waals surface area contributed by atoms with Gasteiger partial charge in [-0.1, -0.05) is 30.3 Å². The average molecular weight is 376 g/mol. The Balaban J connectivity index is 2.06. The molecule has 6 nitrogen and oxygen atoms in total. The Kier molecular flexibility index (Phi) is 6.39. The quantitative estimate of drug-likeness (QED) is 0.777. The van der Waals surface area contributed by atoms with E-state index < -0.39 is 15.9 Å². The summed E-state index contributed by atoms with van der Waals surface area (Å²) in [5, 5.41) is 2.77. The number of carbonyl (C=O) groups excluding carboxylic acids is 1. The number of methoxy groups -OCH3 is 1. The van der Waals surface area contributed by atoms with Crippen LogP contribution in [-0.2, 0) is 14.8 Å². The molecule has 7 heteroatoms. The highest BCUT2D eigenvalue weighted by Crippen LogP contribution is 2.27. The molecule has 2 aromatic rings. The van der Waals surface area contributed by atoms with Crippen LogP contribution in [0.2, 0.25) is 0 Å². The zero-order chi connectivity index (χ0) is 19.3. The maximum atomic E-state index is 12.6. The van der Waals surface area contributed by atoms with E-state index in [2.05, 4.69) is 10.0 Å². The molecule has 26 heavy (non-hydrogen) atoms. The molecule has 0 spiro atoms. The van der Waals surface area contributed by atoms with Crippen LogP contribution in [0.25, 0.3) is 0 Å². The van der Waals surface area contributed by atoms with Gasteiger partial charge in [0.2, 0.25) is 15.9 Å². The summed E-state index contributed by atoms with van der Waals surface area (Å²) in [6, 6.07) is 12.4. The molecule has 0 aliphatic rings. The van der Waals surface area contributed by atoms with Crippen molar-refractivity contribution in [2.75, 3.05) is 13.7 Å². The molecular formula is C19H24N2O4S. The van der Waals surface area contributed by atoms with Crippen molar-refractivity contribution in [3.8, 4) is 5.75 Å². The van der Waals surface area contributed by atoms with Crippen molar-refractivity contribution in [3.63, 3.8) is 0 Å². The van der Waals surface area contributed by atoms with Crippen molar-refractivity contribution >= 4 is 15.9 Å². The number of aryl methyl sites for hydroxylation is 2. The highest BCUT2D eigenvalue weighted by Gasteiger charge is 2.22. The lowest BCUT2D eigenvalue weighted by Gasteiger charge is -2.16. The van der Waals surface area contributed by atoms with Gasteiger partial charge in [-0.15, -0.1) is 0 Å². The topological polar surface area (TPSA) is 84.5 Å². The summed E-state index contributed by atoms with van der Waals surface area (Å²) in [6.45, 7) is 5.19. The maximum Gasteiger partial charge on any atom is 0.244 e. The molecule has 0 heterocycles. The van der Waals surface area contributed by atoms with Gasteiger partial charge in [-0.25, -0.2) is 13.1 Å². The molecule has 1 atom stereocenters. The van der Waals surface area contributed by atoms with E-state index >= 15 is 0 Å². The molecule has 2 N–H and O–H groups in total. The minimum Gasteiger partial charge on any atom is -0.495 e. The number of nitrogens with one attached hydrogen (secondary N) is 2. The van der Waals surface area contributed by atoms with Gasteiger partial charge in [-0.3, -0.25) is 4.79 Å². The van der Waals surface area contributed by atoms with Crippen LogP contribution in [-0.4, -0.2) is 28.0 Å². The van der Waals surface area contributed by atoms with Gasteiger partial charge in [0.1, 0.15) is 10.6 Å². The summed E-state index contributed by atoms with van der Waals surface area (Å²) in [6.07, 6.45) is 0. The van der Waals surface area contributed by atoms with Crippen LogP contribution >= 0.6 is 0 Å². The SMILES string of the molecule is COc1cc(C)c(C)cc1S(=O)(=O)NCC(=O)NC(C)c1ccccc1. The maximum absolute atomic E-state index is 12.6. The van der Waals surface area contributed by atoms with E-state index in [4.69, 9.17) is 4.74 Å². The lowest BCUT2D eigenvalue weighted by molar-refractivity contribution is -0.120. The predicted octanol–water partition coefficient (Wildman–Crippen LogP) is 2.47. The van der Waals surface area contributed by atoms with Crippen molar-refractivity contribution in [2.24, 2.45) is 0 Å². The Labute approximate surface area is 154 Å². The first-order chi connectivity index (χ1) is 12.2. The van der Waals surface area contributed by atoms with E-state index in [1.54, 1.807) is 12.1 Å². The molecule has 0 aliphatic carbocycles. The molecule has 140 valence electrons. The number of benzene rings is 2. The Morgan fingerprint density at radius 3 is 2.35 bits per heavy atom. The van der Waals surface area contributed by atoms with Crippen molar-refractivity contribution < 1.29 is 17.9 Å². The van der Waals surface area contributed by atoms with Gasteiger partial charge in [0.15, 0.2) is 0 Å². The lowest BCUT2D eigenvalue weighted by Crippen LogP contribution is -2.38. The Hall–Kier alpha value is -2.38. The minimum atomic E-state index is -3.87.